The van der Waals surface area contributed by atoms with Gasteiger partial charge in [0, 0.05) is 0 Å². The van der Waals surface area contributed by atoms with Gasteiger partial charge in [-0.1, -0.05) is 68.2 Å². The topological polar surface area (TPSA) is 72.8 Å². The molecule has 182 valence electrons. The van der Waals surface area contributed by atoms with Crippen molar-refractivity contribution >= 4 is 10.1 Å². The molecule has 0 amide bonds. The molecule has 0 saturated carbocycles. The molecule has 0 atom stereocenters. The van der Waals surface area contributed by atoms with E-state index in [-0.39, 0.29) is 5.75 Å². The lowest BCUT2D eigenvalue weighted by Crippen LogP contribution is -2.05. The lowest BCUT2D eigenvalue weighted by Gasteiger charge is -2.17. The molecule has 2 aromatic carbocycles. The number of benzene rings is 2. The Morgan fingerprint density at radius 3 is 1.85 bits per heavy atom. The maximum atomic E-state index is 10.8. The molecule has 0 aliphatic carbocycles. The van der Waals surface area contributed by atoms with Gasteiger partial charge in [0.1, 0.15) is 11.5 Å². The van der Waals surface area contributed by atoms with E-state index >= 15 is 0 Å². The maximum Gasteiger partial charge on any atom is 0.264 e. The molecule has 0 aliphatic rings. The van der Waals surface area contributed by atoms with Crippen LogP contribution in [0.15, 0.2) is 61.2 Å². The van der Waals surface area contributed by atoms with Crippen LogP contribution in [0.2, 0.25) is 0 Å². The Morgan fingerprint density at radius 1 is 0.727 bits per heavy atom. The predicted molar refractivity (Wildman–Crippen MR) is 136 cm³/mol. The predicted octanol–water partition coefficient (Wildman–Crippen LogP) is 7.09. The third kappa shape index (κ3) is 11.4. The smallest absolute Gasteiger partial charge is 0.264 e. The van der Waals surface area contributed by atoms with E-state index in [0.29, 0.717) is 32.5 Å². The molecule has 0 unspecified atom stereocenters. The molecular weight excluding hydrogens is 436 g/mol. The van der Waals surface area contributed by atoms with Gasteiger partial charge in [0.05, 0.1) is 24.5 Å². The molecule has 0 fully saturated rings. The van der Waals surface area contributed by atoms with Crippen LogP contribution in [0.5, 0.6) is 11.5 Å². The molecule has 0 heterocycles. The highest BCUT2D eigenvalue weighted by atomic mass is 32.2. The quantitative estimate of drug-likeness (QED) is 0.142. The van der Waals surface area contributed by atoms with Gasteiger partial charge in [0.15, 0.2) is 0 Å². The Morgan fingerprint density at radius 2 is 1.27 bits per heavy atom. The number of hydrogen-bond donors (Lipinski definition) is 1. The second-order valence-corrected chi connectivity index (χ2v) is 9.81. The van der Waals surface area contributed by atoms with Crippen molar-refractivity contribution in [1.82, 2.24) is 0 Å². The van der Waals surface area contributed by atoms with E-state index < -0.39 is 10.1 Å². The Labute approximate surface area is 199 Å². The van der Waals surface area contributed by atoms with E-state index in [0.717, 1.165) is 41.9 Å². The third-order valence-corrected chi connectivity index (χ3v) is 6.22. The SMILES string of the molecule is C=CCCCCCCCCOc1cccc(OCCCCCS(=O)(=O)O)c1-c1ccccc1. The van der Waals surface area contributed by atoms with Crippen LogP contribution in [0.3, 0.4) is 0 Å². The summed E-state index contributed by atoms with van der Waals surface area (Å²) in [4.78, 5) is 0. The maximum absolute atomic E-state index is 10.8. The van der Waals surface area contributed by atoms with Crippen LogP contribution in [0.4, 0.5) is 0 Å². The van der Waals surface area contributed by atoms with Gasteiger partial charge >= 0.3 is 0 Å². The standard InChI is InChI=1S/C27H38O5S/c1-2-3-4-5-6-7-8-13-21-31-25-19-16-20-26(27(25)24-17-11-9-12-18-24)32-22-14-10-15-23-33(28,29)30/h2,9,11-12,16-20H,1,3-8,10,13-15,21-23H2,(H,28,29,30). The first kappa shape index (κ1) is 26.9. The zero-order chi connectivity index (χ0) is 23.8. The molecule has 33 heavy (non-hydrogen) atoms. The summed E-state index contributed by atoms with van der Waals surface area (Å²) in [5, 5.41) is 0. The second kappa shape index (κ2) is 15.5. The van der Waals surface area contributed by atoms with Gasteiger partial charge < -0.3 is 9.47 Å². The fourth-order valence-corrected chi connectivity index (χ4v) is 4.24. The van der Waals surface area contributed by atoms with Crippen molar-refractivity contribution in [2.24, 2.45) is 0 Å². The van der Waals surface area contributed by atoms with E-state index in [1.54, 1.807) is 0 Å². The van der Waals surface area contributed by atoms with Gasteiger partial charge in [0.25, 0.3) is 10.1 Å². The van der Waals surface area contributed by atoms with Crippen molar-refractivity contribution < 1.29 is 22.4 Å². The van der Waals surface area contributed by atoms with E-state index in [4.69, 9.17) is 14.0 Å². The van der Waals surface area contributed by atoms with Gasteiger partial charge in [-0.15, -0.1) is 6.58 Å². The molecule has 0 aromatic heterocycles. The summed E-state index contributed by atoms with van der Waals surface area (Å²) in [6.45, 7) is 4.91. The van der Waals surface area contributed by atoms with Crippen molar-refractivity contribution in [3.8, 4) is 22.6 Å². The number of allylic oxidation sites excluding steroid dienone is 1. The summed E-state index contributed by atoms with van der Waals surface area (Å²) in [6, 6.07) is 15.9. The Bertz CT molecular complexity index is 909. The van der Waals surface area contributed by atoms with Crippen LogP contribution >= 0.6 is 0 Å². The average molecular weight is 475 g/mol. The first-order valence-corrected chi connectivity index (χ1v) is 13.6. The largest absolute Gasteiger partial charge is 0.493 e. The molecule has 0 spiro atoms. The van der Waals surface area contributed by atoms with E-state index in [1.165, 1.54) is 25.7 Å². The number of hydrogen-bond acceptors (Lipinski definition) is 4. The Balaban J connectivity index is 1.89. The summed E-state index contributed by atoms with van der Waals surface area (Å²) in [6.07, 6.45) is 12.1. The van der Waals surface area contributed by atoms with E-state index in [2.05, 4.69) is 6.58 Å². The molecule has 0 saturated heterocycles. The summed E-state index contributed by atoms with van der Waals surface area (Å²) in [5.41, 5.74) is 1.98. The molecular formula is C27H38O5S. The van der Waals surface area contributed by atoms with Crippen LogP contribution < -0.4 is 9.47 Å². The minimum atomic E-state index is -3.89. The second-order valence-electron chi connectivity index (χ2n) is 8.24. The Kier molecular flexibility index (Phi) is 12.7. The molecule has 0 radical (unpaired) electrons. The minimum Gasteiger partial charge on any atom is -0.493 e. The highest BCUT2D eigenvalue weighted by Crippen LogP contribution is 2.38. The fraction of sp³-hybridized carbons (Fsp3) is 0.481. The number of rotatable bonds is 18. The van der Waals surface area contributed by atoms with Crippen molar-refractivity contribution in [3.05, 3.63) is 61.2 Å². The summed E-state index contributed by atoms with van der Waals surface area (Å²) < 4.78 is 42.7. The molecule has 2 aromatic rings. The number of unbranched alkanes of at least 4 members (excludes halogenated alkanes) is 8. The molecule has 5 nitrogen and oxygen atoms in total. The molecule has 0 aliphatic heterocycles. The number of ether oxygens (including phenoxy) is 2. The average Bonchev–Trinajstić information content (AvgIpc) is 2.80. The summed E-state index contributed by atoms with van der Waals surface area (Å²) >= 11 is 0. The van der Waals surface area contributed by atoms with Crippen molar-refractivity contribution in [3.63, 3.8) is 0 Å². The first-order valence-electron chi connectivity index (χ1n) is 12.0. The van der Waals surface area contributed by atoms with Gasteiger partial charge in [0.2, 0.25) is 0 Å². The summed E-state index contributed by atoms with van der Waals surface area (Å²) in [7, 11) is -3.89. The van der Waals surface area contributed by atoms with Crippen LogP contribution in [-0.2, 0) is 10.1 Å². The van der Waals surface area contributed by atoms with Crippen molar-refractivity contribution in [1.29, 1.82) is 0 Å². The van der Waals surface area contributed by atoms with Crippen molar-refractivity contribution in [2.75, 3.05) is 19.0 Å². The highest BCUT2D eigenvalue weighted by Gasteiger charge is 2.13. The zero-order valence-electron chi connectivity index (χ0n) is 19.6. The third-order valence-electron chi connectivity index (χ3n) is 5.41. The van der Waals surface area contributed by atoms with E-state index in [9.17, 15) is 8.42 Å². The molecule has 1 N–H and O–H groups in total. The normalized spacial score (nSPS) is 11.3. The van der Waals surface area contributed by atoms with E-state index in [1.807, 2.05) is 54.6 Å². The van der Waals surface area contributed by atoms with Gasteiger partial charge in [-0.25, -0.2) is 0 Å². The van der Waals surface area contributed by atoms with Gasteiger partial charge in [-0.2, -0.15) is 8.42 Å². The minimum absolute atomic E-state index is 0.208. The van der Waals surface area contributed by atoms with Crippen LogP contribution in [0.25, 0.3) is 11.1 Å². The van der Waals surface area contributed by atoms with Gasteiger partial charge in [-0.05, 0) is 56.2 Å². The molecule has 6 heteroatoms. The molecule has 0 bridgehead atoms. The van der Waals surface area contributed by atoms with Crippen LogP contribution in [-0.4, -0.2) is 31.9 Å². The zero-order valence-corrected chi connectivity index (χ0v) is 20.4. The lowest BCUT2D eigenvalue weighted by molar-refractivity contribution is 0.292. The fourth-order valence-electron chi connectivity index (χ4n) is 3.67. The van der Waals surface area contributed by atoms with Crippen LogP contribution in [0, 0.1) is 0 Å². The Hall–Kier alpha value is -2.31. The van der Waals surface area contributed by atoms with Gasteiger partial charge in [-0.3, -0.25) is 4.55 Å². The lowest BCUT2D eigenvalue weighted by atomic mass is 10.0. The first-order chi connectivity index (χ1) is 16.0. The monoisotopic (exact) mass is 474 g/mol. The highest BCUT2D eigenvalue weighted by molar-refractivity contribution is 7.85. The molecule has 2 rings (SSSR count). The van der Waals surface area contributed by atoms with Crippen LogP contribution in [0.1, 0.15) is 64.2 Å². The van der Waals surface area contributed by atoms with Crippen molar-refractivity contribution in [2.45, 2.75) is 64.2 Å². The summed E-state index contributed by atoms with van der Waals surface area (Å²) in [5.74, 6) is 1.37.